The van der Waals surface area contributed by atoms with E-state index in [2.05, 4.69) is 4.74 Å². The van der Waals surface area contributed by atoms with E-state index in [9.17, 15) is 27.3 Å². The molecule has 10 heteroatoms. The second kappa shape index (κ2) is 5.66. The zero-order valence-electron chi connectivity index (χ0n) is 9.47. The number of nitro groups is 1. The van der Waals surface area contributed by atoms with E-state index >= 15 is 0 Å². The van der Waals surface area contributed by atoms with Crippen LogP contribution in [0.3, 0.4) is 0 Å². The van der Waals surface area contributed by atoms with E-state index in [1.54, 1.807) is 6.92 Å². The van der Waals surface area contributed by atoms with Gasteiger partial charge in [0.15, 0.2) is 0 Å². The first-order chi connectivity index (χ1) is 8.68. The SMILES string of the molecule is CCc1ccc([N+](=O)[O-])c(OC(F)F)c1S(=O)(=O)Cl. The Balaban J connectivity index is 3.71. The van der Waals surface area contributed by atoms with Gasteiger partial charge in [0.1, 0.15) is 4.90 Å². The zero-order valence-corrected chi connectivity index (χ0v) is 11.0. The fraction of sp³-hybridized carbons (Fsp3) is 0.333. The lowest BCUT2D eigenvalue weighted by Crippen LogP contribution is -2.10. The molecule has 19 heavy (non-hydrogen) atoms. The number of aryl methyl sites for hydroxylation is 1. The maximum absolute atomic E-state index is 12.3. The predicted molar refractivity (Wildman–Crippen MR) is 62.1 cm³/mol. The first-order valence-corrected chi connectivity index (χ1v) is 7.19. The number of ether oxygens (including phenoxy) is 1. The van der Waals surface area contributed by atoms with Crippen molar-refractivity contribution in [3.63, 3.8) is 0 Å². The molecule has 0 amide bonds. The Morgan fingerprint density at radius 2 is 2.05 bits per heavy atom. The highest BCUT2D eigenvalue weighted by molar-refractivity contribution is 8.13. The Labute approximate surface area is 111 Å². The summed E-state index contributed by atoms with van der Waals surface area (Å²) in [5.41, 5.74) is -0.840. The second-order valence-electron chi connectivity index (χ2n) is 3.33. The molecule has 0 unspecified atom stereocenters. The highest BCUT2D eigenvalue weighted by Crippen LogP contribution is 2.39. The van der Waals surface area contributed by atoms with Crippen molar-refractivity contribution in [1.29, 1.82) is 0 Å². The molecule has 0 aliphatic carbocycles. The molecule has 1 aromatic rings. The molecule has 0 fully saturated rings. The van der Waals surface area contributed by atoms with Gasteiger partial charge in [-0.25, -0.2) is 8.42 Å². The molecular formula is C9H8ClF2NO5S. The number of benzene rings is 1. The molecule has 0 saturated heterocycles. The topological polar surface area (TPSA) is 86.5 Å². The van der Waals surface area contributed by atoms with E-state index in [1.807, 2.05) is 0 Å². The highest BCUT2D eigenvalue weighted by Gasteiger charge is 2.31. The van der Waals surface area contributed by atoms with Gasteiger partial charge in [0.05, 0.1) is 4.92 Å². The van der Waals surface area contributed by atoms with E-state index in [4.69, 9.17) is 10.7 Å². The van der Waals surface area contributed by atoms with E-state index in [-0.39, 0.29) is 12.0 Å². The quantitative estimate of drug-likeness (QED) is 0.473. The van der Waals surface area contributed by atoms with Gasteiger partial charge in [-0.3, -0.25) is 10.1 Å². The Hall–Kier alpha value is -1.48. The molecule has 0 N–H and O–H groups in total. The van der Waals surface area contributed by atoms with Crippen molar-refractivity contribution in [2.75, 3.05) is 0 Å². The van der Waals surface area contributed by atoms with Gasteiger partial charge in [-0.2, -0.15) is 8.78 Å². The van der Waals surface area contributed by atoms with E-state index in [0.29, 0.717) is 0 Å². The van der Waals surface area contributed by atoms with Gasteiger partial charge in [0.2, 0.25) is 5.75 Å². The molecule has 106 valence electrons. The van der Waals surface area contributed by atoms with Crippen LogP contribution in [0.5, 0.6) is 5.75 Å². The average Bonchev–Trinajstić information content (AvgIpc) is 2.25. The van der Waals surface area contributed by atoms with Crippen LogP contribution in [0, 0.1) is 10.1 Å². The van der Waals surface area contributed by atoms with Crippen LogP contribution in [-0.4, -0.2) is 20.0 Å². The summed E-state index contributed by atoms with van der Waals surface area (Å²) >= 11 is 0. The van der Waals surface area contributed by atoms with Gasteiger partial charge in [-0.1, -0.05) is 13.0 Å². The molecule has 0 radical (unpaired) electrons. The van der Waals surface area contributed by atoms with E-state index in [1.165, 1.54) is 0 Å². The van der Waals surface area contributed by atoms with Crippen LogP contribution in [0.4, 0.5) is 14.5 Å². The summed E-state index contributed by atoms with van der Waals surface area (Å²) in [5.74, 6) is -1.05. The smallest absolute Gasteiger partial charge is 0.387 e. The standard InChI is InChI=1S/C9H8ClF2NO5S/c1-2-5-3-4-6(13(14)15)7(18-9(11)12)8(5)19(10,16)17/h3-4,9H,2H2,1H3. The summed E-state index contributed by atoms with van der Waals surface area (Å²) in [7, 11) is 0.664. The number of halogens is 3. The first kappa shape index (κ1) is 15.6. The minimum Gasteiger partial charge on any atom is -0.426 e. The van der Waals surface area contributed by atoms with E-state index < -0.39 is 36.9 Å². The third kappa shape index (κ3) is 3.51. The lowest BCUT2D eigenvalue weighted by atomic mass is 10.1. The van der Waals surface area contributed by atoms with Crippen LogP contribution in [-0.2, 0) is 15.5 Å². The molecule has 0 spiro atoms. The van der Waals surface area contributed by atoms with Crippen LogP contribution in [0.2, 0.25) is 0 Å². The number of hydrogen-bond acceptors (Lipinski definition) is 5. The van der Waals surface area contributed by atoms with Gasteiger partial charge in [-0.05, 0) is 12.0 Å². The van der Waals surface area contributed by atoms with Gasteiger partial charge >= 0.3 is 12.3 Å². The average molecular weight is 316 g/mol. The van der Waals surface area contributed by atoms with Crippen molar-refractivity contribution < 1.29 is 26.9 Å². The van der Waals surface area contributed by atoms with Crippen molar-refractivity contribution >= 4 is 25.4 Å². The minimum atomic E-state index is -4.47. The molecule has 1 aromatic carbocycles. The van der Waals surface area contributed by atoms with Crippen molar-refractivity contribution in [2.24, 2.45) is 0 Å². The molecule has 0 aliphatic heterocycles. The zero-order chi connectivity index (χ0) is 14.8. The summed E-state index contributed by atoms with van der Waals surface area (Å²) in [4.78, 5) is 8.90. The van der Waals surface area contributed by atoms with Gasteiger partial charge in [0.25, 0.3) is 9.05 Å². The summed E-state index contributed by atoms with van der Waals surface area (Å²) < 4.78 is 51.4. The van der Waals surface area contributed by atoms with Crippen LogP contribution < -0.4 is 4.74 Å². The molecule has 0 bridgehead atoms. The second-order valence-corrected chi connectivity index (χ2v) is 5.83. The van der Waals surface area contributed by atoms with Gasteiger partial charge < -0.3 is 4.74 Å². The fourth-order valence-electron chi connectivity index (χ4n) is 1.49. The normalized spacial score (nSPS) is 11.6. The summed E-state index contributed by atoms with van der Waals surface area (Å²) in [6.07, 6.45) is 0.124. The largest absolute Gasteiger partial charge is 0.426 e. The molecule has 0 aromatic heterocycles. The van der Waals surface area contributed by atoms with Crippen molar-refractivity contribution in [1.82, 2.24) is 0 Å². The van der Waals surface area contributed by atoms with Crippen molar-refractivity contribution in [2.45, 2.75) is 24.9 Å². The molecular weight excluding hydrogens is 308 g/mol. The highest BCUT2D eigenvalue weighted by atomic mass is 35.7. The summed E-state index contributed by atoms with van der Waals surface area (Å²) in [5, 5.41) is 10.7. The molecule has 0 saturated carbocycles. The van der Waals surface area contributed by atoms with Crippen LogP contribution in [0.15, 0.2) is 17.0 Å². The Morgan fingerprint density at radius 3 is 2.42 bits per heavy atom. The fourth-order valence-corrected chi connectivity index (χ4v) is 2.89. The van der Waals surface area contributed by atoms with Gasteiger partial charge in [0, 0.05) is 16.7 Å². The molecule has 1 rings (SSSR count). The van der Waals surface area contributed by atoms with Crippen LogP contribution in [0.25, 0.3) is 0 Å². The third-order valence-corrected chi connectivity index (χ3v) is 3.60. The van der Waals surface area contributed by atoms with Crippen molar-refractivity contribution in [3.05, 3.63) is 27.8 Å². The monoisotopic (exact) mass is 315 g/mol. The Bertz CT molecular complexity index is 605. The molecule has 0 aliphatic rings. The number of hydrogen-bond donors (Lipinski definition) is 0. The predicted octanol–water partition coefficient (Wildman–Crippen LogP) is 2.69. The lowest BCUT2D eigenvalue weighted by molar-refractivity contribution is -0.386. The van der Waals surface area contributed by atoms with E-state index in [0.717, 1.165) is 12.1 Å². The third-order valence-electron chi connectivity index (χ3n) is 2.20. The number of alkyl halides is 2. The molecule has 0 heterocycles. The van der Waals surface area contributed by atoms with Gasteiger partial charge in [-0.15, -0.1) is 0 Å². The van der Waals surface area contributed by atoms with Crippen LogP contribution in [0.1, 0.15) is 12.5 Å². The maximum atomic E-state index is 12.3. The molecule has 0 atom stereocenters. The maximum Gasteiger partial charge on any atom is 0.387 e. The first-order valence-electron chi connectivity index (χ1n) is 4.88. The van der Waals surface area contributed by atoms with Crippen LogP contribution >= 0.6 is 10.7 Å². The lowest BCUT2D eigenvalue weighted by Gasteiger charge is -2.12. The summed E-state index contributed by atoms with van der Waals surface area (Å²) in [6, 6.07) is 2.02. The van der Waals surface area contributed by atoms with Crippen molar-refractivity contribution in [3.8, 4) is 5.75 Å². The number of rotatable bonds is 5. The minimum absolute atomic E-state index is 0.0521. The Morgan fingerprint density at radius 1 is 1.47 bits per heavy atom. The summed E-state index contributed by atoms with van der Waals surface area (Å²) in [6.45, 7) is -1.87. The number of nitro benzene ring substituents is 1. The molecule has 6 nitrogen and oxygen atoms in total. The Kier molecular flexibility index (Phi) is 4.64. The number of nitrogens with zero attached hydrogens (tertiary/aromatic N) is 1.